The van der Waals surface area contributed by atoms with Crippen molar-refractivity contribution >= 4 is 17.3 Å². The minimum Gasteiger partial charge on any atom is -0.480 e. The summed E-state index contributed by atoms with van der Waals surface area (Å²) in [6, 6.07) is 6.88. The lowest BCUT2D eigenvalue weighted by atomic mass is 9.85. The van der Waals surface area contributed by atoms with Gasteiger partial charge in [0.2, 0.25) is 0 Å². The normalized spacial score (nSPS) is 24.0. The zero-order valence-electron chi connectivity index (χ0n) is 12.5. The van der Waals surface area contributed by atoms with E-state index in [1.807, 2.05) is 12.1 Å². The van der Waals surface area contributed by atoms with Crippen LogP contribution in [0.3, 0.4) is 0 Å². The molecule has 0 unspecified atom stereocenters. The van der Waals surface area contributed by atoms with Gasteiger partial charge >= 0.3 is 5.97 Å². The quantitative estimate of drug-likeness (QED) is 0.767. The van der Waals surface area contributed by atoms with Gasteiger partial charge in [-0.3, -0.25) is 9.69 Å². The number of carboxylic acids is 1. The second kappa shape index (κ2) is 6.78. The SMILES string of the molecule is N#Cc1ccc(CNC2CC(N(CC(=O)O)CC3CC3)C2)s1. The van der Waals surface area contributed by atoms with Crippen LogP contribution in [0.25, 0.3) is 0 Å². The molecule has 0 spiro atoms. The molecule has 3 rings (SSSR count). The molecule has 2 N–H and O–H groups in total. The van der Waals surface area contributed by atoms with Crippen molar-refractivity contribution in [3.8, 4) is 6.07 Å². The van der Waals surface area contributed by atoms with Gasteiger partial charge in [-0.1, -0.05) is 0 Å². The largest absolute Gasteiger partial charge is 0.480 e. The van der Waals surface area contributed by atoms with E-state index < -0.39 is 5.97 Å². The van der Waals surface area contributed by atoms with Crippen LogP contribution in [-0.4, -0.2) is 41.1 Å². The zero-order valence-corrected chi connectivity index (χ0v) is 13.3. The number of nitrogens with zero attached hydrogens (tertiary/aromatic N) is 2. The second-order valence-electron chi connectivity index (χ2n) is 6.35. The molecule has 2 aliphatic rings. The van der Waals surface area contributed by atoms with Crippen molar-refractivity contribution in [3.05, 3.63) is 21.9 Å². The average Bonchev–Trinajstić information content (AvgIpc) is 3.12. The number of nitriles is 1. The summed E-state index contributed by atoms with van der Waals surface area (Å²) in [7, 11) is 0. The molecule has 1 heterocycles. The predicted molar refractivity (Wildman–Crippen MR) is 84.6 cm³/mol. The number of carbonyl (C=O) groups is 1. The third kappa shape index (κ3) is 4.07. The van der Waals surface area contributed by atoms with E-state index in [9.17, 15) is 4.79 Å². The van der Waals surface area contributed by atoms with Crippen molar-refractivity contribution in [2.75, 3.05) is 13.1 Å². The van der Waals surface area contributed by atoms with E-state index in [0.29, 0.717) is 12.1 Å². The molecule has 0 saturated heterocycles. The molecule has 22 heavy (non-hydrogen) atoms. The summed E-state index contributed by atoms with van der Waals surface area (Å²) in [4.78, 5) is 15.1. The fourth-order valence-corrected chi connectivity index (χ4v) is 3.73. The molecule has 0 atom stereocenters. The lowest BCUT2D eigenvalue weighted by Crippen LogP contribution is -2.54. The van der Waals surface area contributed by atoms with Crippen molar-refractivity contribution in [2.24, 2.45) is 5.92 Å². The van der Waals surface area contributed by atoms with Crippen molar-refractivity contribution in [1.82, 2.24) is 10.2 Å². The third-order valence-corrected chi connectivity index (χ3v) is 5.48. The first-order chi connectivity index (χ1) is 10.6. The summed E-state index contributed by atoms with van der Waals surface area (Å²) < 4.78 is 0. The third-order valence-electron chi connectivity index (χ3n) is 4.49. The number of hydrogen-bond acceptors (Lipinski definition) is 5. The van der Waals surface area contributed by atoms with Crippen molar-refractivity contribution in [3.63, 3.8) is 0 Å². The van der Waals surface area contributed by atoms with Crippen LogP contribution in [0.5, 0.6) is 0 Å². The Hall–Kier alpha value is -1.42. The molecular weight excluding hydrogens is 298 g/mol. The molecule has 0 radical (unpaired) electrons. The number of aliphatic carboxylic acids is 1. The van der Waals surface area contributed by atoms with Gasteiger partial charge in [0.15, 0.2) is 0 Å². The second-order valence-corrected chi connectivity index (χ2v) is 7.52. The lowest BCUT2D eigenvalue weighted by molar-refractivity contribution is -0.139. The van der Waals surface area contributed by atoms with E-state index >= 15 is 0 Å². The maximum atomic E-state index is 11.0. The highest BCUT2D eigenvalue weighted by atomic mass is 32.1. The summed E-state index contributed by atoms with van der Waals surface area (Å²) in [5.74, 6) is 0.00144. The standard InChI is InChI=1S/C16H21N3O2S/c17-7-14-3-4-15(22-14)8-18-12-5-13(6-12)19(10-16(20)21)9-11-1-2-11/h3-4,11-13,18H,1-2,5-6,8-10H2,(H,20,21). The van der Waals surface area contributed by atoms with Crippen LogP contribution in [0.4, 0.5) is 0 Å². The predicted octanol–water partition coefficient (Wildman–Crippen LogP) is 2.04. The van der Waals surface area contributed by atoms with Crippen molar-refractivity contribution in [1.29, 1.82) is 5.26 Å². The van der Waals surface area contributed by atoms with Gasteiger partial charge in [-0.25, -0.2) is 0 Å². The molecule has 2 saturated carbocycles. The van der Waals surface area contributed by atoms with E-state index in [-0.39, 0.29) is 6.54 Å². The van der Waals surface area contributed by atoms with Gasteiger partial charge in [0, 0.05) is 30.1 Å². The minimum absolute atomic E-state index is 0.171. The van der Waals surface area contributed by atoms with Gasteiger partial charge in [0.1, 0.15) is 10.9 Å². The van der Waals surface area contributed by atoms with Gasteiger partial charge < -0.3 is 10.4 Å². The van der Waals surface area contributed by atoms with Crippen LogP contribution in [0.1, 0.15) is 35.4 Å². The van der Waals surface area contributed by atoms with Crippen LogP contribution >= 0.6 is 11.3 Å². The fourth-order valence-electron chi connectivity index (χ4n) is 2.98. The Morgan fingerprint density at radius 1 is 1.45 bits per heavy atom. The highest BCUT2D eigenvalue weighted by molar-refractivity contribution is 7.12. The monoisotopic (exact) mass is 319 g/mol. The van der Waals surface area contributed by atoms with Crippen molar-refractivity contribution in [2.45, 2.75) is 44.3 Å². The Labute approximate surface area is 134 Å². The van der Waals surface area contributed by atoms with Crippen molar-refractivity contribution < 1.29 is 9.90 Å². The van der Waals surface area contributed by atoms with E-state index in [1.165, 1.54) is 29.1 Å². The minimum atomic E-state index is -0.723. The van der Waals surface area contributed by atoms with E-state index in [0.717, 1.165) is 36.7 Å². The Bertz CT molecular complexity index is 570. The summed E-state index contributed by atoms with van der Waals surface area (Å²) in [5.41, 5.74) is 0. The number of nitrogens with one attached hydrogen (secondary N) is 1. The molecule has 1 aromatic heterocycles. The smallest absolute Gasteiger partial charge is 0.317 e. The first-order valence-corrected chi connectivity index (χ1v) is 8.63. The number of carboxylic acid groups (broad SMARTS) is 1. The molecule has 118 valence electrons. The summed E-state index contributed by atoms with van der Waals surface area (Å²) >= 11 is 1.53. The van der Waals surface area contributed by atoms with Crippen LogP contribution in [0.2, 0.25) is 0 Å². The molecule has 2 fully saturated rings. The highest BCUT2D eigenvalue weighted by Crippen LogP contribution is 2.33. The van der Waals surface area contributed by atoms with Crippen LogP contribution in [-0.2, 0) is 11.3 Å². The molecule has 1 aromatic rings. The summed E-state index contributed by atoms with van der Waals surface area (Å²) in [5, 5.41) is 21.4. The topological polar surface area (TPSA) is 76.4 Å². The van der Waals surface area contributed by atoms with Crippen LogP contribution in [0, 0.1) is 17.2 Å². The average molecular weight is 319 g/mol. The van der Waals surface area contributed by atoms with Gasteiger partial charge in [0.25, 0.3) is 0 Å². The van der Waals surface area contributed by atoms with E-state index in [1.54, 1.807) is 0 Å². The van der Waals surface area contributed by atoms with Gasteiger partial charge in [0.05, 0.1) is 6.54 Å². The maximum Gasteiger partial charge on any atom is 0.317 e. The number of rotatable bonds is 8. The molecular formula is C16H21N3O2S. The number of hydrogen-bond donors (Lipinski definition) is 2. The van der Waals surface area contributed by atoms with E-state index in [4.69, 9.17) is 10.4 Å². The Balaban J connectivity index is 1.41. The summed E-state index contributed by atoms with van der Waals surface area (Å²) in [6.07, 6.45) is 4.56. The highest BCUT2D eigenvalue weighted by Gasteiger charge is 2.36. The maximum absolute atomic E-state index is 11.0. The molecule has 2 aliphatic carbocycles. The molecule has 0 aromatic carbocycles. The lowest BCUT2D eigenvalue weighted by Gasteiger charge is -2.43. The van der Waals surface area contributed by atoms with Gasteiger partial charge in [-0.05, 0) is 43.7 Å². The molecule has 0 bridgehead atoms. The fraction of sp³-hybridized carbons (Fsp3) is 0.625. The van der Waals surface area contributed by atoms with Gasteiger partial charge in [-0.2, -0.15) is 5.26 Å². The summed E-state index contributed by atoms with van der Waals surface area (Å²) in [6.45, 7) is 1.91. The molecule has 6 heteroatoms. The van der Waals surface area contributed by atoms with Crippen LogP contribution in [0.15, 0.2) is 12.1 Å². The Morgan fingerprint density at radius 3 is 2.82 bits per heavy atom. The van der Waals surface area contributed by atoms with Gasteiger partial charge in [-0.15, -0.1) is 11.3 Å². The van der Waals surface area contributed by atoms with E-state index in [2.05, 4.69) is 16.3 Å². The molecule has 5 nitrogen and oxygen atoms in total. The Kier molecular flexibility index (Phi) is 4.77. The zero-order chi connectivity index (χ0) is 15.5. The van der Waals surface area contributed by atoms with Crippen LogP contribution < -0.4 is 5.32 Å². The Morgan fingerprint density at radius 2 is 2.23 bits per heavy atom. The first kappa shape index (κ1) is 15.5. The number of thiophene rings is 1. The molecule has 0 amide bonds. The molecule has 0 aliphatic heterocycles. The first-order valence-electron chi connectivity index (χ1n) is 7.82.